The molecule has 0 spiro atoms. The predicted octanol–water partition coefficient (Wildman–Crippen LogP) is 5.92. The summed E-state index contributed by atoms with van der Waals surface area (Å²) in [7, 11) is 0. The number of hydrazine groups is 1. The average Bonchev–Trinajstić information content (AvgIpc) is 3.42. The fraction of sp³-hybridized carbons (Fsp3) is 0.318. The molecule has 5 rings (SSSR count). The number of aryl methyl sites for hydroxylation is 1. The van der Waals surface area contributed by atoms with Crippen LogP contribution in [0.5, 0.6) is 0 Å². The van der Waals surface area contributed by atoms with Gasteiger partial charge in [-0.15, -0.1) is 0 Å². The Balaban J connectivity index is 1.50. The summed E-state index contributed by atoms with van der Waals surface area (Å²) < 4.78 is 14.6. The second kappa shape index (κ2) is 7.35. The van der Waals surface area contributed by atoms with Crippen molar-refractivity contribution in [2.24, 2.45) is 0 Å². The lowest BCUT2D eigenvalue weighted by molar-refractivity contribution is -0.000778. The number of nitrogens with zero attached hydrogens (tertiary/aromatic N) is 3. The third-order valence-electron chi connectivity index (χ3n) is 5.67. The molecule has 0 aliphatic carbocycles. The number of alkyl halides is 1. The minimum atomic E-state index is -0.885. The maximum Gasteiger partial charge on any atom is 0.126 e. The number of imidazole rings is 1. The predicted molar refractivity (Wildman–Crippen MR) is 118 cm³/mol. The largest absolute Gasteiger partial charge is 0.341 e. The Morgan fingerprint density at radius 1 is 1.21 bits per heavy atom. The summed E-state index contributed by atoms with van der Waals surface area (Å²) in [5.41, 5.74) is 3.94. The third-order valence-corrected chi connectivity index (χ3v) is 7.24. The second-order valence-electron chi connectivity index (χ2n) is 7.62. The number of benzene rings is 2. The lowest BCUT2D eigenvalue weighted by Crippen LogP contribution is -2.41. The van der Waals surface area contributed by atoms with Crippen molar-refractivity contribution in [1.29, 1.82) is 0 Å². The first-order valence-corrected chi connectivity index (χ1v) is 11.0. The molecule has 1 aromatic heterocycles. The Morgan fingerprint density at radius 3 is 2.79 bits per heavy atom. The zero-order chi connectivity index (χ0) is 20.1. The number of rotatable bonds is 3. The van der Waals surface area contributed by atoms with E-state index in [-0.39, 0.29) is 11.4 Å². The first-order chi connectivity index (χ1) is 14.0. The van der Waals surface area contributed by atoms with E-state index in [1.165, 1.54) is 10.5 Å². The van der Waals surface area contributed by atoms with Crippen LogP contribution in [0.1, 0.15) is 36.3 Å². The monoisotopic (exact) mass is 428 g/mol. The SMILES string of the molecule is Cc1c(Cl)ccc2[nH]c([C@@H]3C[C@H](F)CN3N3C=C(c4ccccc4)SC3C)nc12. The molecule has 0 saturated carbocycles. The van der Waals surface area contributed by atoms with Gasteiger partial charge in [-0.2, -0.15) is 0 Å². The van der Waals surface area contributed by atoms with Crippen LogP contribution in [0.3, 0.4) is 0 Å². The van der Waals surface area contributed by atoms with Crippen LogP contribution in [0.25, 0.3) is 15.9 Å². The Hall–Kier alpha value is -2.02. The summed E-state index contributed by atoms with van der Waals surface area (Å²) in [6.07, 6.45) is 1.68. The Morgan fingerprint density at radius 2 is 2.00 bits per heavy atom. The highest BCUT2D eigenvalue weighted by Gasteiger charge is 2.41. The van der Waals surface area contributed by atoms with Crippen LogP contribution in [-0.2, 0) is 0 Å². The maximum absolute atomic E-state index is 14.6. The van der Waals surface area contributed by atoms with Crippen LogP contribution in [-0.4, -0.2) is 38.1 Å². The highest BCUT2D eigenvalue weighted by atomic mass is 35.5. The van der Waals surface area contributed by atoms with E-state index in [9.17, 15) is 4.39 Å². The molecule has 3 heterocycles. The summed E-state index contributed by atoms with van der Waals surface area (Å²) >= 11 is 8.06. The molecule has 0 radical (unpaired) electrons. The van der Waals surface area contributed by atoms with Gasteiger partial charge in [-0.3, -0.25) is 5.01 Å². The summed E-state index contributed by atoms with van der Waals surface area (Å²) in [5.74, 6) is 0.796. The molecule has 1 saturated heterocycles. The van der Waals surface area contributed by atoms with Crippen LogP contribution < -0.4 is 0 Å². The molecule has 2 aromatic carbocycles. The van der Waals surface area contributed by atoms with Crippen LogP contribution in [0.2, 0.25) is 5.02 Å². The topological polar surface area (TPSA) is 35.2 Å². The Bertz CT molecular complexity index is 1080. The van der Waals surface area contributed by atoms with Gasteiger partial charge in [-0.25, -0.2) is 14.4 Å². The standard InChI is InChI=1S/C22H22ClFN4S/c1-13-17(23)8-9-18-21(13)26-22(25-18)19-10-16(24)11-28(19)27-12-20(29-14(27)2)15-6-4-3-5-7-15/h3-9,12,14,16,19H,10-11H2,1-2H3,(H,25,26)/t14?,16-,19-/m0/s1. The Kier molecular flexibility index (Phi) is 4.81. The van der Waals surface area contributed by atoms with Gasteiger partial charge >= 0.3 is 0 Å². The summed E-state index contributed by atoms with van der Waals surface area (Å²) in [5, 5.41) is 5.18. The third kappa shape index (κ3) is 3.33. The summed E-state index contributed by atoms with van der Waals surface area (Å²) in [6, 6.07) is 14.0. The molecule has 1 unspecified atom stereocenters. The first-order valence-electron chi connectivity index (χ1n) is 9.79. The van der Waals surface area contributed by atoms with Crippen molar-refractivity contribution >= 4 is 39.3 Å². The van der Waals surface area contributed by atoms with Gasteiger partial charge in [-0.05, 0) is 37.1 Å². The molecule has 150 valence electrons. The molecule has 1 fully saturated rings. The number of hydrogen-bond acceptors (Lipinski definition) is 4. The normalized spacial score (nSPS) is 25.2. The first kappa shape index (κ1) is 19.0. The minimum absolute atomic E-state index is 0.134. The van der Waals surface area contributed by atoms with Gasteiger partial charge in [-0.1, -0.05) is 53.7 Å². The van der Waals surface area contributed by atoms with Gasteiger partial charge in [0.25, 0.3) is 0 Å². The molecular formula is C22H22ClFN4S. The van der Waals surface area contributed by atoms with E-state index in [4.69, 9.17) is 16.6 Å². The smallest absolute Gasteiger partial charge is 0.126 e. The molecule has 0 amide bonds. The Labute approximate surface area is 178 Å². The highest BCUT2D eigenvalue weighted by molar-refractivity contribution is 8.09. The van der Waals surface area contributed by atoms with Gasteiger partial charge < -0.3 is 4.98 Å². The van der Waals surface area contributed by atoms with E-state index in [2.05, 4.69) is 40.3 Å². The van der Waals surface area contributed by atoms with Crippen molar-refractivity contribution in [3.8, 4) is 0 Å². The number of H-pyrrole nitrogens is 1. The number of aromatic amines is 1. The fourth-order valence-electron chi connectivity index (χ4n) is 4.16. The van der Waals surface area contributed by atoms with Gasteiger partial charge in [0.2, 0.25) is 0 Å². The van der Waals surface area contributed by atoms with E-state index >= 15 is 0 Å². The molecular weight excluding hydrogens is 407 g/mol. The molecule has 1 N–H and O–H groups in total. The summed E-state index contributed by atoms with van der Waals surface area (Å²) in [4.78, 5) is 9.42. The van der Waals surface area contributed by atoms with Gasteiger partial charge in [0.05, 0.1) is 29.0 Å². The molecule has 29 heavy (non-hydrogen) atoms. The van der Waals surface area contributed by atoms with Crippen molar-refractivity contribution in [2.75, 3.05) is 6.54 Å². The lowest BCUT2D eigenvalue weighted by atomic mass is 10.2. The van der Waals surface area contributed by atoms with Crippen LogP contribution in [0.15, 0.2) is 48.7 Å². The van der Waals surface area contributed by atoms with E-state index in [1.807, 2.05) is 37.3 Å². The molecule has 3 aromatic rings. The van der Waals surface area contributed by atoms with Gasteiger partial charge in [0, 0.05) is 22.5 Å². The van der Waals surface area contributed by atoms with Crippen LogP contribution >= 0.6 is 23.4 Å². The van der Waals surface area contributed by atoms with Crippen LogP contribution in [0.4, 0.5) is 4.39 Å². The number of aromatic nitrogens is 2. The number of hydrogen-bond donors (Lipinski definition) is 1. The van der Waals surface area contributed by atoms with E-state index < -0.39 is 6.17 Å². The average molecular weight is 429 g/mol. The maximum atomic E-state index is 14.6. The van der Waals surface area contributed by atoms with Crippen molar-refractivity contribution in [3.05, 3.63) is 70.6 Å². The van der Waals surface area contributed by atoms with Gasteiger partial charge in [0.1, 0.15) is 12.0 Å². The number of halogens is 2. The molecule has 4 nitrogen and oxygen atoms in total. The van der Waals surface area contributed by atoms with Crippen molar-refractivity contribution in [1.82, 2.24) is 20.0 Å². The quantitative estimate of drug-likeness (QED) is 0.561. The van der Waals surface area contributed by atoms with E-state index in [1.54, 1.807) is 11.8 Å². The number of thioether (sulfide) groups is 1. The van der Waals surface area contributed by atoms with Crippen molar-refractivity contribution < 1.29 is 4.39 Å². The van der Waals surface area contributed by atoms with Crippen LogP contribution in [0, 0.1) is 6.92 Å². The molecule has 3 atom stereocenters. The minimum Gasteiger partial charge on any atom is -0.341 e. The van der Waals surface area contributed by atoms with Crippen molar-refractivity contribution in [2.45, 2.75) is 37.9 Å². The molecule has 2 aliphatic rings. The molecule has 0 bridgehead atoms. The lowest BCUT2D eigenvalue weighted by Gasteiger charge is -2.35. The van der Waals surface area contributed by atoms with E-state index in [0.717, 1.165) is 22.4 Å². The molecule has 2 aliphatic heterocycles. The fourth-order valence-corrected chi connectivity index (χ4v) is 5.41. The highest BCUT2D eigenvalue weighted by Crippen LogP contribution is 2.44. The second-order valence-corrected chi connectivity index (χ2v) is 9.38. The number of fused-ring (bicyclic) bond motifs is 1. The van der Waals surface area contributed by atoms with Crippen molar-refractivity contribution in [3.63, 3.8) is 0 Å². The van der Waals surface area contributed by atoms with E-state index in [0.29, 0.717) is 18.0 Å². The molecule has 7 heteroatoms. The zero-order valence-corrected chi connectivity index (χ0v) is 17.8. The summed E-state index contributed by atoms with van der Waals surface area (Å²) in [6.45, 7) is 4.49. The zero-order valence-electron chi connectivity index (χ0n) is 16.3. The number of nitrogens with one attached hydrogen (secondary N) is 1. The van der Waals surface area contributed by atoms with Gasteiger partial charge in [0.15, 0.2) is 0 Å².